The molecule has 0 aromatic carbocycles. The SMILES string of the molecule is CCCCCCCCCCCCCCNC(=O)NC(CC(=O)O)C(=O)CC1C(=O)N2CCCCC2C(=O)NC(C(C)C(=O)O)C(=O)CC(CC(=O)O)C(=O)NCC(=O)NC(CC(=O)O)C(=O)NCC(=O)NC(C(C)N)C(=O)NC(C(C)C)C(=O)N2CCCC2C(=O)NC1C. The maximum Gasteiger partial charge on any atom is 0.315 e. The summed E-state index contributed by atoms with van der Waals surface area (Å²) in [6, 6.07) is -14.9. The minimum absolute atomic E-state index is 0.0206. The number of carboxylic acid groups (broad SMARTS) is 4. The molecule has 0 aromatic heterocycles. The van der Waals surface area contributed by atoms with Crippen LogP contribution in [0.2, 0.25) is 0 Å². The molecule has 12 atom stereocenters. The van der Waals surface area contributed by atoms with Crippen LogP contribution in [0, 0.1) is 23.7 Å². The Morgan fingerprint density at radius 1 is 0.564 bits per heavy atom. The Hall–Kier alpha value is -8.32. The number of hydrogen-bond donors (Lipinski definition) is 14. The number of unbranched alkanes of at least 4 members (excludes halogenated alkanes) is 11. The zero-order chi connectivity index (χ0) is 70.4. The van der Waals surface area contributed by atoms with Gasteiger partial charge < -0.3 is 83.8 Å². The van der Waals surface area contributed by atoms with E-state index in [2.05, 4.69) is 54.8 Å². The first-order valence-corrected chi connectivity index (χ1v) is 32.8. The molecule has 3 heterocycles. The average molecular weight is 1330 g/mol. The lowest BCUT2D eigenvalue weighted by atomic mass is 9.87. The van der Waals surface area contributed by atoms with E-state index in [0.717, 1.165) is 43.9 Å². The standard InChI is InChI=1S/C62H100N12O20/c1-7-8-9-10-11-12-13-14-15-16-17-19-24-64-62(94)69-40(30-49(81)82)44(75)29-39-37(6)67-56(87)43-23-21-26-74(43)60(91)51(34(2)3)71-58(89)53(36(5)63)70-47(78)33-66-55(86)41(31-50(83)84)68-46(77)32-65-54(85)38(28-48(79)80)27-45(76)52(35(4)61(92)93)72-57(88)42-22-18-20-25-73(42)59(39)90/h34-43,51-53H,7-33,63H2,1-6H3,(H,65,85)(H,66,86)(H,67,87)(H,68,77)(H,70,78)(H,71,89)(H,72,88)(H,79,80)(H,81,82)(H,83,84)(H,92,93)(H2,64,69,94). The molecule has 32 nitrogen and oxygen atoms in total. The van der Waals surface area contributed by atoms with Crippen molar-refractivity contribution in [3.63, 3.8) is 0 Å². The molecule has 94 heavy (non-hydrogen) atoms. The van der Waals surface area contributed by atoms with Crippen molar-refractivity contribution in [1.82, 2.24) is 57.7 Å². The number of carbonyl (C=O) groups excluding carboxylic acids is 12. The van der Waals surface area contributed by atoms with Crippen LogP contribution < -0.4 is 53.6 Å². The molecular formula is C62H100N12O20. The Balaban J connectivity index is 2.11. The molecule has 3 fully saturated rings. The highest BCUT2D eigenvalue weighted by atomic mass is 16.4. The number of Topliss-reactive ketones (excluding diaryl/α,β-unsaturated/α-hetero) is 2. The van der Waals surface area contributed by atoms with E-state index in [-0.39, 0.29) is 51.7 Å². The number of aliphatic carboxylic acids is 4. The molecule has 3 rings (SSSR count). The summed E-state index contributed by atoms with van der Waals surface area (Å²) >= 11 is 0. The third-order valence-corrected chi connectivity index (χ3v) is 17.0. The Morgan fingerprint density at radius 2 is 1.09 bits per heavy atom. The molecule has 32 heteroatoms. The smallest absolute Gasteiger partial charge is 0.315 e. The van der Waals surface area contributed by atoms with E-state index in [0.29, 0.717) is 6.42 Å². The summed E-state index contributed by atoms with van der Waals surface area (Å²) in [6.45, 7) is 7.02. The predicted octanol–water partition coefficient (Wildman–Crippen LogP) is -0.284. The van der Waals surface area contributed by atoms with Crippen molar-refractivity contribution in [2.24, 2.45) is 29.4 Å². The van der Waals surface area contributed by atoms with Crippen molar-refractivity contribution in [3.05, 3.63) is 0 Å². The molecular weight excluding hydrogens is 1230 g/mol. The summed E-state index contributed by atoms with van der Waals surface area (Å²) in [6.07, 6.45) is 8.47. The third-order valence-electron chi connectivity index (χ3n) is 17.0. The number of nitrogens with two attached hydrogens (primary N) is 1. The minimum atomic E-state index is -2.02. The van der Waals surface area contributed by atoms with Crippen molar-refractivity contribution in [3.8, 4) is 0 Å². The topological polar surface area (TPSA) is 495 Å². The molecule has 0 aromatic rings. The van der Waals surface area contributed by atoms with Crippen LogP contribution in [0.3, 0.4) is 0 Å². The van der Waals surface area contributed by atoms with Gasteiger partial charge in [0.15, 0.2) is 11.6 Å². The zero-order valence-corrected chi connectivity index (χ0v) is 54.9. The summed E-state index contributed by atoms with van der Waals surface area (Å²) in [5.74, 6) is -24.0. The number of fused-ring (bicyclic) bond motifs is 2. The molecule has 0 bridgehead atoms. The lowest BCUT2D eigenvalue weighted by Gasteiger charge is -2.39. The van der Waals surface area contributed by atoms with E-state index in [4.69, 9.17) is 5.73 Å². The van der Waals surface area contributed by atoms with Gasteiger partial charge in [-0.15, -0.1) is 0 Å². The van der Waals surface area contributed by atoms with Crippen LogP contribution in [-0.4, -0.2) is 212 Å². The van der Waals surface area contributed by atoms with Gasteiger partial charge in [0.05, 0.1) is 56.1 Å². The molecule has 3 aliphatic heterocycles. The molecule has 0 aliphatic carbocycles. The number of nitrogens with zero attached hydrogens (tertiary/aromatic N) is 2. The summed E-state index contributed by atoms with van der Waals surface area (Å²) in [7, 11) is 0. The highest BCUT2D eigenvalue weighted by molar-refractivity contribution is 6.01. The summed E-state index contributed by atoms with van der Waals surface area (Å²) < 4.78 is 0. The summed E-state index contributed by atoms with van der Waals surface area (Å²) in [4.78, 5) is 219. The first-order valence-electron chi connectivity index (χ1n) is 32.8. The number of urea groups is 1. The molecule has 528 valence electrons. The largest absolute Gasteiger partial charge is 0.481 e. The van der Waals surface area contributed by atoms with E-state index >= 15 is 4.79 Å². The fraction of sp³-hybridized carbons (Fsp3) is 0.742. The summed E-state index contributed by atoms with van der Waals surface area (Å²) in [5, 5.41) is 60.9. The molecule has 15 N–H and O–H groups in total. The molecule has 12 unspecified atom stereocenters. The zero-order valence-electron chi connectivity index (χ0n) is 54.9. The van der Waals surface area contributed by atoms with Gasteiger partial charge in [0.2, 0.25) is 53.2 Å². The highest BCUT2D eigenvalue weighted by Gasteiger charge is 2.45. The van der Waals surface area contributed by atoms with Crippen LogP contribution in [0.4, 0.5) is 4.79 Å². The van der Waals surface area contributed by atoms with Gasteiger partial charge in [0.1, 0.15) is 36.3 Å². The van der Waals surface area contributed by atoms with E-state index in [1.54, 1.807) is 13.8 Å². The number of hydrogen-bond acceptors (Lipinski definition) is 17. The van der Waals surface area contributed by atoms with Crippen molar-refractivity contribution in [2.75, 3.05) is 32.7 Å². The van der Waals surface area contributed by atoms with Gasteiger partial charge in [0.25, 0.3) is 0 Å². The quantitative estimate of drug-likeness (QED) is 0.0470. The van der Waals surface area contributed by atoms with E-state index in [1.165, 1.54) is 57.3 Å². The molecule has 11 amide bonds. The second-order valence-electron chi connectivity index (χ2n) is 25.1. The lowest BCUT2D eigenvalue weighted by molar-refractivity contribution is -0.150. The lowest BCUT2D eigenvalue weighted by Crippen LogP contribution is -2.62. The fourth-order valence-corrected chi connectivity index (χ4v) is 11.6. The monoisotopic (exact) mass is 1330 g/mol. The van der Waals surface area contributed by atoms with Gasteiger partial charge in [-0.25, -0.2) is 4.79 Å². The van der Waals surface area contributed by atoms with Gasteiger partial charge in [-0.3, -0.25) is 71.9 Å². The van der Waals surface area contributed by atoms with Gasteiger partial charge in [-0.1, -0.05) is 91.4 Å². The number of ketones is 2. The molecule has 0 saturated carbocycles. The number of carbonyl (C=O) groups is 16. The number of piperidine rings is 1. The Kier molecular flexibility index (Phi) is 34.6. The first-order chi connectivity index (χ1) is 44.4. The van der Waals surface area contributed by atoms with Crippen molar-refractivity contribution < 1.29 is 97.1 Å². The van der Waals surface area contributed by atoms with Gasteiger partial charge in [-0.05, 0) is 65.2 Å². The maximum atomic E-state index is 15.3. The Morgan fingerprint density at radius 3 is 1.64 bits per heavy atom. The highest BCUT2D eigenvalue weighted by Crippen LogP contribution is 2.27. The van der Waals surface area contributed by atoms with E-state index in [9.17, 15) is 92.3 Å². The molecule has 0 spiro atoms. The van der Waals surface area contributed by atoms with Crippen LogP contribution in [0.25, 0.3) is 0 Å². The predicted molar refractivity (Wildman–Crippen MR) is 335 cm³/mol. The van der Waals surface area contributed by atoms with E-state index in [1.807, 2.05) is 0 Å². The van der Waals surface area contributed by atoms with Crippen LogP contribution in [-0.2, 0) is 71.9 Å². The van der Waals surface area contributed by atoms with Crippen LogP contribution in [0.1, 0.15) is 183 Å². The van der Waals surface area contributed by atoms with Crippen LogP contribution in [0.5, 0.6) is 0 Å². The number of carboxylic acids is 4. The summed E-state index contributed by atoms with van der Waals surface area (Å²) in [5.41, 5.74) is 6.13. The molecule has 3 saturated heterocycles. The van der Waals surface area contributed by atoms with Gasteiger partial charge in [-0.2, -0.15) is 0 Å². The minimum Gasteiger partial charge on any atom is -0.481 e. The number of amides is 11. The Labute approximate surface area is 547 Å². The van der Waals surface area contributed by atoms with Crippen molar-refractivity contribution >= 4 is 94.6 Å². The average Bonchev–Trinajstić information content (AvgIpc) is 2.17. The third kappa shape index (κ3) is 27.0. The number of rotatable bonds is 27. The Bertz CT molecular complexity index is 2690. The van der Waals surface area contributed by atoms with Crippen molar-refractivity contribution in [2.45, 2.75) is 237 Å². The van der Waals surface area contributed by atoms with E-state index < -0.39 is 218 Å². The van der Waals surface area contributed by atoms with Gasteiger partial charge in [0, 0.05) is 44.6 Å². The normalized spacial score (nSPS) is 24.8. The first kappa shape index (κ1) is 79.9. The molecule has 0 radical (unpaired) electrons. The fourth-order valence-electron chi connectivity index (χ4n) is 11.6. The van der Waals surface area contributed by atoms with Crippen LogP contribution >= 0.6 is 0 Å². The molecule has 3 aliphatic rings. The number of nitrogens with one attached hydrogen (secondary N) is 9. The maximum absolute atomic E-state index is 15.3. The van der Waals surface area contributed by atoms with Crippen LogP contribution in [0.15, 0.2) is 0 Å². The second kappa shape index (κ2) is 40.7. The van der Waals surface area contributed by atoms with Gasteiger partial charge >= 0.3 is 29.9 Å². The van der Waals surface area contributed by atoms with Crippen molar-refractivity contribution in [1.29, 1.82) is 0 Å². The second-order valence-corrected chi connectivity index (χ2v) is 25.1.